The Morgan fingerprint density at radius 3 is 2.34 bits per heavy atom. The second kappa shape index (κ2) is 8.49. The number of thiazole rings is 1. The van der Waals surface area contributed by atoms with Crippen molar-refractivity contribution >= 4 is 76.7 Å². The van der Waals surface area contributed by atoms with Crippen LogP contribution in [0.4, 0.5) is 5.69 Å². The van der Waals surface area contributed by atoms with Gasteiger partial charge in [0.25, 0.3) is 5.91 Å². The van der Waals surface area contributed by atoms with Crippen LogP contribution in [0.15, 0.2) is 75.7 Å². The molecule has 4 aromatic rings. The van der Waals surface area contributed by atoms with Crippen molar-refractivity contribution in [1.82, 2.24) is 4.98 Å². The fourth-order valence-electron chi connectivity index (χ4n) is 2.77. The van der Waals surface area contributed by atoms with Crippen LogP contribution in [0, 0.1) is 0 Å². The number of para-hydroxylation sites is 2. The molecule has 1 amide bonds. The first-order valence-electron chi connectivity index (χ1n) is 8.63. The number of carbonyl (C=O) groups is 1. The first-order valence-corrected chi connectivity index (χ1v) is 11.0. The number of carbonyl (C=O) groups excluding carboxylic acids is 1. The summed E-state index contributed by atoms with van der Waals surface area (Å²) < 4.78 is 2.07. The van der Waals surface area contributed by atoms with Gasteiger partial charge in [-0.05, 0) is 79.9 Å². The summed E-state index contributed by atoms with van der Waals surface area (Å²) >= 11 is 8.14. The van der Waals surface area contributed by atoms with Crippen LogP contribution in [-0.2, 0) is 4.79 Å². The Morgan fingerprint density at radius 1 is 1.00 bits per heavy atom. The number of aromatic nitrogens is 1. The molecule has 0 aliphatic heterocycles. The molecule has 0 radical (unpaired) electrons. The molecule has 1 heterocycles. The van der Waals surface area contributed by atoms with Gasteiger partial charge < -0.3 is 10.4 Å². The number of halogens is 2. The average molecular weight is 530 g/mol. The third kappa shape index (κ3) is 4.42. The molecule has 0 fully saturated rings. The predicted molar refractivity (Wildman–Crippen MR) is 126 cm³/mol. The topological polar surface area (TPSA) is 62.2 Å². The van der Waals surface area contributed by atoms with E-state index < -0.39 is 0 Å². The van der Waals surface area contributed by atoms with Crippen LogP contribution in [0.2, 0.25) is 0 Å². The summed E-state index contributed by atoms with van der Waals surface area (Å²) in [6.45, 7) is 0. The average Bonchev–Trinajstić information content (AvgIpc) is 3.14. The van der Waals surface area contributed by atoms with Crippen LogP contribution in [-0.4, -0.2) is 16.0 Å². The van der Waals surface area contributed by atoms with Crippen LogP contribution in [0.1, 0.15) is 10.6 Å². The van der Waals surface area contributed by atoms with Gasteiger partial charge in [0.05, 0.1) is 24.7 Å². The molecule has 29 heavy (non-hydrogen) atoms. The van der Waals surface area contributed by atoms with E-state index >= 15 is 0 Å². The normalized spacial score (nSPS) is 11.6. The molecule has 0 spiro atoms. The number of nitrogens with one attached hydrogen (secondary N) is 1. The van der Waals surface area contributed by atoms with E-state index in [1.54, 1.807) is 18.2 Å². The van der Waals surface area contributed by atoms with Crippen molar-refractivity contribution in [2.75, 3.05) is 5.32 Å². The maximum Gasteiger partial charge on any atom is 0.258 e. The number of fused-ring (bicyclic) bond motifs is 1. The lowest BCUT2D eigenvalue weighted by atomic mass is 10.1. The summed E-state index contributed by atoms with van der Waals surface area (Å²) in [7, 11) is 0. The second-order valence-corrected chi connectivity index (χ2v) is 8.94. The Kier molecular flexibility index (Phi) is 5.80. The van der Waals surface area contributed by atoms with Gasteiger partial charge >= 0.3 is 0 Å². The maximum atomic E-state index is 13.1. The predicted octanol–water partition coefficient (Wildman–Crippen LogP) is 6.71. The van der Waals surface area contributed by atoms with Crippen LogP contribution in [0.25, 0.3) is 21.9 Å². The van der Waals surface area contributed by atoms with Gasteiger partial charge in [-0.15, -0.1) is 11.3 Å². The van der Waals surface area contributed by atoms with Crippen molar-refractivity contribution in [1.29, 1.82) is 0 Å². The highest BCUT2D eigenvalue weighted by Crippen LogP contribution is 2.35. The number of aromatic hydroxyl groups is 1. The molecule has 7 heteroatoms. The minimum Gasteiger partial charge on any atom is -0.506 e. The highest BCUT2D eigenvalue weighted by Gasteiger charge is 2.18. The maximum absolute atomic E-state index is 13.1. The zero-order valence-corrected chi connectivity index (χ0v) is 18.9. The number of hydrogen-bond donors (Lipinski definition) is 2. The second-order valence-electron chi connectivity index (χ2n) is 6.20. The smallest absolute Gasteiger partial charge is 0.258 e. The standard InChI is InChI=1S/C22H14Br2N2O2S/c23-16-11-13(12-17(24)20(16)27)10-15(21(28)25-14-6-2-1-3-7-14)22-26-18-8-4-5-9-19(18)29-22/h1-12,27H,(H,25,28)/b15-10+. The number of phenols is 1. The Bertz CT molecular complexity index is 1180. The lowest BCUT2D eigenvalue weighted by molar-refractivity contribution is -0.111. The third-order valence-electron chi connectivity index (χ3n) is 4.15. The summed E-state index contributed by atoms with van der Waals surface area (Å²) in [5.41, 5.74) is 2.75. The van der Waals surface area contributed by atoms with Gasteiger partial charge in [0.2, 0.25) is 0 Å². The zero-order chi connectivity index (χ0) is 20.4. The fourth-order valence-corrected chi connectivity index (χ4v) is 4.97. The van der Waals surface area contributed by atoms with E-state index in [1.807, 2.05) is 54.6 Å². The molecule has 0 aliphatic carbocycles. The zero-order valence-electron chi connectivity index (χ0n) is 14.9. The first-order chi connectivity index (χ1) is 14.0. The van der Waals surface area contributed by atoms with Crippen molar-refractivity contribution in [2.24, 2.45) is 0 Å². The molecule has 0 saturated heterocycles. The summed E-state index contributed by atoms with van der Waals surface area (Å²) in [6.07, 6.45) is 1.77. The Labute approximate surface area is 188 Å². The molecule has 0 bridgehead atoms. The number of rotatable bonds is 4. The van der Waals surface area contributed by atoms with E-state index in [2.05, 4.69) is 42.2 Å². The van der Waals surface area contributed by atoms with Gasteiger partial charge in [-0.1, -0.05) is 30.3 Å². The molecule has 4 rings (SSSR count). The summed E-state index contributed by atoms with van der Waals surface area (Å²) in [5, 5.41) is 13.5. The van der Waals surface area contributed by atoms with Crippen LogP contribution >= 0.6 is 43.2 Å². The molecule has 4 nitrogen and oxygen atoms in total. The van der Waals surface area contributed by atoms with Crippen molar-refractivity contribution < 1.29 is 9.90 Å². The molecule has 144 valence electrons. The highest BCUT2D eigenvalue weighted by atomic mass is 79.9. The number of anilines is 1. The first kappa shape index (κ1) is 19.8. The molecular formula is C22H14Br2N2O2S. The van der Waals surface area contributed by atoms with Crippen LogP contribution in [0.5, 0.6) is 5.75 Å². The molecule has 3 aromatic carbocycles. The van der Waals surface area contributed by atoms with E-state index in [0.717, 1.165) is 15.8 Å². The van der Waals surface area contributed by atoms with E-state index in [9.17, 15) is 9.90 Å². The molecule has 0 unspecified atom stereocenters. The van der Waals surface area contributed by atoms with Crippen molar-refractivity contribution in [3.05, 3.63) is 86.2 Å². The lowest BCUT2D eigenvalue weighted by Crippen LogP contribution is -2.13. The lowest BCUT2D eigenvalue weighted by Gasteiger charge is -2.08. The van der Waals surface area contributed by atoms with Crippen LogP contribution in [0.3, 0.4) is 0 Å². The van der Waals surface area contributed by atoms with E-state index in [1.165, 1.54) is 11.3 Å². The van der Waals surface area contributed by atoms with E-state index in [4.69, 9.17) is 0 Å². The molecule has 1 aromatic heterocycles. The molecule has 0 atom stereocenters. The van der Waals surface area contributed by atoms with Crippen molar-refractivity contribution in [3.8, 4) is 5.75 Å². The Hall–Kier alpha value is -2.48. The minimum atomic E-state index is -0.254. The third-order valence-corrected chi connectivity index (χ3v) is 6.43. The van der Waals surface area contributed by atoms with Gasteiger partial charge in [0, 0.05) is 5.69 Å². The summed E-state index contributed by atoms with van der Waals surface area (Å²) in [5.74, 6) is -0.145. The fraction of sp³-hybridized carbons (Fsp3) is 0. The minimum absolute atomic E-state index is 0.109. The van der Waals surface area contributed by atoms with Gasteiger partial charge in [-0.25, -0.2) is 4.98 Å². The van der Waals surface area contributed by atoms with Gasteiger partial charge in [0.1, 0.15) is 10.8 Å². The summed E-state index contributed by atoms with van der Waals surface area (Å²) in [6, 6.07) is 20.6. The number of benzene rings is 3. The molecule has 0 aliphatic rings. The van der Waals surface area contributed by atoms with Gasteiger partial charge in [-0.3, -0.25) is 4.79 Å². The largest absolute Gasteiger partial charge is 0.506 e. The SMILES string of the molecule is O=C(Nc1ccccc1)/C(=C\c1cc(Br)c(O)c(Br)c1)c1nc2ccccc2s1. The van der Waals surface area contributed by atoms with E-state index in [0.29, 0.717) is 25.2 Å². The summed E-state index contributed by atoms with van der Waals surface area (Å²) in [4.78, 5) is 17.8. The monoisotopic (exact) mass is 528 g/mol. The van der Waals surface area contributed by atoms with Crippen molar-refractivity contribution in [2.45, 2.75) is 0 Å². The van der Waals surface area contributed by atoms with Gasteiger partial charge in [0.15, 0.2) is 0 Å². The van der Waals surface area contributed by atoms with Crippen LogP contribution < -0.4 is 5.32 Å². The van der Waals surface area contributed by atoms with Crippen molar-refractivity contribution in [3.63, 3.8) is 0 Å². The van der Waals surface area contributed by atoms with E-state index in [-0.39, 0.29) is 11.7 Å². The molecular weight excluding hydrogens is 516 g/mol. The molecule has 0 saturated carbocycles. The Balaban J connectivity index is 1.81. The Morgan fingerprint density at radius 2 is 1.66 bits per heavy atom. The number of hydrogen-bond acceptors (Lipinski definition) is 4. The molecule has 2 N–H and O–H groups in total. The highest BCUT2D eigenvalue weighted by molar-refractivity contribution is 9.11. The number of phenolic OH excluding ortho intramolecular Hbond substituents is 1. The van der Waals surface area contributed by atoms with Gasteiger partial charge in [-0.2, -0.15) is 0 Å². The number of amides is 1. The quantitative estimate of drug-likeness (QED) is 0.289. The number of nitrogens with zero attached hydrogens (tertiary/aromatic N) is 1.